The number of nitrogens with two attached hydrogens (primary N) is 1. The highest BCUT2D eigenvalue weighted by molar-refractivity contribution is 7.99. The van der Waals surface area contributed by atoms with Crippen LogP contribution in [-0.2, 0) is 9.53 Å². The van der Waals surface area contributed by atoms with E-state index in [0.29, 0.717) is 16.1 Å². The SMILES string of the molecule is COC(=O)CSc1nc(N)c(C#N)c(-c2cccc(Cl)c2)c1C#N. The van der Waals surface area contributed by atoms with Crippen molar-refractivity contribution in [3.05, 3.63) is 40.4 Å². The molecule has 0 radical (unpaired) electrons. The molecule has 0 spiro atoms. The molecule has 2 N–H and O–H groups in total. The zero-order valence-corrected chi connectivity index (χ0v) is 14.1. The van der Waals surface area contributed by atoms with Crippen LogP contribution in [0.5, 0.6) is 0 Å². The molecule has 0 atom stereocenters. The number of esters is 1. The van der Waals surface area contributed by atoms with Crippen molar-refractivity contribution >= 4 is 35.1 Å². The molecule has 120 valence electrons. The maximum Gasteiger partial charge on any atom is 0.316 e. The Labute approximate surface area is 147 Å². The highest BCUT2D eigenvalue weighted by atomic mass is 35.5. The summed E-state index contributed by atoms with van der Waals surface area (Å²) < 4.78 is 4.58. The van der Waals surface area contributed by atoms with Gasteiger partial charge in [0.2, 0.25) is 0 Å². The van der Waals surface area contributed by atoms with Crippen LogP contribution in [0.15, 0.2) is 29.3 Å². The third kappa shape index (κ3) is 3.60. The molecule has 1 heterocycles. The van der Waals surface area contributed by atoms with Crippen LogP contribution in [-0.4, -0.2) is 23.8 Å². The summed E-state index contributed by atoms with van der Waals surface area (Å²) in [5.74, 6) is -0.504. The van der Waals surface area contributed by atoms with Gasteiger partial charge in [-0.2, -0.15) is 10.5 Å². The zero-order valence-electron chi connectivity index (χ0n) is 12.5. The number of hydrogen-bond acceptors (Lipinski definition) is 7. The number of hydrogen-bond donors (Lipinski definition) is 1. The molecule has 0 amide bonds. The maximum atomic E-state index is 11.3. The van der Waals surface area contributed by atoms with Crippen LogP contribution in [0.3, 0.4) is 0 Å². The number of nitriles is 2. The first-order valence-corrected chi connectivity index (χ1v) is 7.97. The molecule has 0 fully saturated rings. The molecule has 2 aromatic rings. The monoisotopic (exact) mass is 358 g/mol. The number of nitrogens with zero attached hydrogens (tertiary/aromatic N) is 3. The molecular formula is C16H11ClN4O2S. The highest BCUT2D eigenvalue weighted by Gasteiger charge is 2.21. The molecule has 0 aliphatic rings. The molecule has 2 rings (SSSR count). The maximum absolute atomic E-state index is 11.3. The number of methoxy groups -OCH3 is 1. The number of rotatable bonds is 4. The summed E-state index contributed by atoms with van der Waals surface area (Å²) in [6, 6.07) is 10.8. The Balaban J connectivity index is 2.67. The van der Waals surface area contributed by atoms with E-state index in [1.807, 2.05) is 12.1 Å². The van der Waals surface area contributed by atoms with Crippen molar-refractivity contribution in [2.45, 2.75) is 5.03 Å². The van der Waals surface area contributed by atoms with Gasteiger partial charge in [-0.05, 0) is 17.7 Å². The first-order chi connectivity index (χ1) is 11.5. The van der Waals surface area contributed by atoms with E-state index in [4.69, 9.17) is 17.3 Å². The number of pyridine rings is 1. The average molecular weight is 359 g/mol. The van der Waals surface area contributed by atoms with E-state index in [1.165, 1.54) is 7.11 Å². The van der Waals surface area contributed by atoms with Crippen molar-refractivity contribution in [2.75, 3.05) is 18.6 Å². The summed E-state index contributed by atoms with van der Waals surface area (Å²) in [5, 5.41) is 19.7. The van der Waals surface area contributed by atoms with Crippen molar-refractivity contribution in [2.24, 2.45) is 0 Å². The number of nitrogen functional groups attached to an aromatic ring is 1. The lowest BCUT2D eigenvalue weighted by Crippen LogP contribution is -2.07. The fourth-order valence-corrected chi connectivity index (χ4v) is 3.04. The van der Waals surface area contributed by atoms with Crippen molar-refractivity contribution in [3.63, 3.8) is 0 Å². The first-order valence-electron chi connectivity index (χ1n) is 6.61. The lowest BCUT2D eigenvalue weighted by atomic mass is 9.97. The third-order valence-corrected chi connectivity index (χ3v) is 4.27. The molecule has 1 aromatic heterocycles. The van der Waals surface area contributed by atoms with Gasteiger partial charge < -0.3 is 10.5 Å². The number of aromatic nitrogens is 1. The number of anilines is 1. The number of carbonyl (C=O) groups excluding carboxylic acids is 1. The molecule has 0 bridgehead atoms. The smallest absolute Gasteiger partial charge is 0.316 e. The Morgan fingerprint density at radius 2 is 2.08 bits per heavy atom. The van der Waals surface area contributed by atoms with E-state index < -0.39 is 5.97 Å². The van der Waals surface area contributed by atoms with E-state index in [-0.39, 0.29) is 27.7 Å². The summed E-state index contributed by atoms with van der Waals surface area (Å²) in [5.41, 5.74) is 7.05. The highest BCUT2D eigenvalue weighted by Crippen LogP contribution is 2.36. The van der Waals surface area contributed by atoms with Gasteiger partial charge in [0.1, 0.15) is 28.5 Å². The minimum Gasteiger partial charge on any atom is -0.468 e. The Hall–Kier alpha value is -2.74. The Kier molecular flexibility index (Phi) is 5.64. The van der Waals surface area contributed by atoms with Crippen molar-refractivity contribution in [1.29, 1.82) is 10.5 Å². The second kappa shape index (κ2) is 7.69. The fraction of sp³-hybridized carbons (Fsp3) is 0.125. The van der Waals surface area contributed by atoms with Crippen LogP contribution < -0.4 is 5.73 Å². The number of carbonyl (C=O) groups is 1. The Bertz CT molecular complexity index is 887. The van der Waals surface area contributed by atoms with E-state index in [9.17, 15) is 15.3 Å². The number of ether oxygens (including phenoxy) is 1. The van der Waals surface area contributed by atoms with Crippen molar-refractivity contribution < 1.29 is 9.53 Å². The summed E-state index contributed by atoms with van der Waals surface area (Å²) in [6.07, 6.45) is 0. The van der Waals surface area contributed by atoms with Gasteiger partial charge in [0.25, 0.3) is 0 Å². The van der Waals surface area contributed by atoms with Gasteiger partial charge in [-0.25, -0.2) is 4.98 Å². The van der Waals surface area contributed by atoms with Crippen molar-refractivity contribution in [3.8, 4) is 23.3 Å². The molecule has 0 unspecified atom stereocenters. The summed E-state index contributed by atoms with van der Waals surface area (Å²) >= 11 is 7.03. The Morgan fingerprint density at radius 3 is 2.67 bits per heavy atom. The van der Waals surface area contributed by atoms with Gasteiger partial charge in [0, 0.05) is 10.6 Å². The van der Waals surface area contributed by atoms with E-state index in [1.54, 1.807) is 24.3 Å². The van der Waals surface area contributed by atoms with Crippen LogP contribution in [0.25, 0.3) is 11.1 Å². The van der Waals surface area contributed by atoms with Gasteiger partial charge in [-0.15, -0.1) is 0 Å². The lowest BCUT2D eigenvalue weighted by Gasteiger charge is -2.12. The van der Waals surface area contributed by atoms with E-state index >= 15 is 0 Å². The van der Waals surface area contributed by atoms with Crippen molar-refractivity contribution in [1.82, 2.24) is 4.98 Å². The van der Waals surface area contributed by atoms with Gasteiger partial charge in [-0.1, -0.05) is 35.5 Å². The van der Waals surface area contributed by atoms with Crippen LogP contribution in [0.1, 0.15) is 11.1 Å². The topological polar surface area (TPSA) is 113 Å². The predicted molar refractivity (Wildman–Crippen MR) is 91.3 cm³/mol. The predicted octanol–water partition coefficient (Wildman–Crippen LogP) is 2.99. The van der Waals surface area contributed by atoms with Gasteiger partial charge in [0.15, 0.2) is 0 Å². The standard InChI is InChI=1S/C16H11ClN4O2S/c1-23-13(22)8-24-16-12(7-19)14(11(6-18)15(20)21-16)9-3-2-4-10(17)5-9/h2-5H,8H2,1H3,(H2,20,21). The van der Waals surface area contributed by atoms with Crippen LogP contribution in [0, 0.1) is 22.7 Å². The fourth-order valence-electron chi connectivity index (χ4n) is 2.02. The van der Waals surface area contributed by atoms with Gasteiger partial charge >= 0.3 is 5.97 Å². The molecule has 6 nitrogen and oxygen atoms in total. The molecule has 0 saturated heterocycles. The van der Waals surface area contributed by atoms with Crippen LogP contribution in [0.4, 0.5) is 5.82 Å². The minimum atomic E-state index is -0.460. The Morgan fingerprint density at radius 1 is 1.38 bits per heavy atom. The summed E-state index contributed by atoms with van der Waals surface area (Å²) in [4.78, 5) is 15.4. The minimum absolute atomic E-state index is 0.0150. The second-order valence-electron chi connectivity index (χ2n) is 4.53. The van der Waals surface area contributed by atoms with Crippen LogP contribution in [0.2, 0.25) is 5.02 Å². The molecule has 0 saturated carbocycles. The first kappa shape index (κ1) is 17.6. The van der Waals surface area contributed by atoms with Crippen LogP contribution >= 0.6 is 23.4 Å². The molecule has 0 aliphatic heterocycles. The van der Waals surface area contributed by atoms with Gasteiger partial charge in [0.05, 0.1) is 18.4 Å². The molecule has 0 aliphatic carbocycles. The third-order valence-electron chi connectivity index (χ3n) is 3.08. The quantitative estimate of drug-likeness (QED) is 0.660. The number of benzene rings is 1. The zero-order chi connectivity index (χ0) is 17.7. The molecule has 1 aromatic carbocycles. The van der Waals surface area contributed by atoms with E-state index in [0.717, 1.165) is 11.8 Å². The molecular weight excluding hydrogens is 348 g/mol. The largest absolute Gasteiger partial charge is 0.468 e. The van der Waals surface area contributed by atoms with Gasteiger partial charge in [-0.3, -0.25) is 4.79 Å². The number of halogens is 1. The summed E-state index contributed by atoms with van der Waals surface area (Å²) in [6.45, 7) is 0. The van der Waals surface area contributed by atoms with E-state index in [2.05, 4.69) is 9.72 Å². The molecule has 8 heteroatoms. The molecule has 24 heavy (non-hydrogen) atoms. The number of thioether (sulfide) groups is 1. The second-order valence-corrected chi connectivity index (χ2v) is 5.93. The normalized spacial score (nSPS) is 9.83. The lowest BCUT2D eigenvalue weighted by molar-refractivity contribution is -0.137. The summed E-state index contributed by atoms with van der Waals surface area (Å²) in [7, 11) is 1.27. The average Bonchev–Trinajstić information content (AvgIpc) is 2.58.